The second-order valence-corrected chi connectivity index (χ2v) is 4.94. The van der Waals surface area contributed by atoms with Crippen LogP contribution in [-0.2, 0) is 19.1 Å². The molecule has 15 heavy (non-hydrogen) atoms. The van der Waals surface area contributed by atoms with Crippen LogP contribution in [0.3, 0.4) is 0 Å². The van der Waals surface area contributed by atoms with Crippen LogP contribution in [0.5, 0.6) is 0 Å². The number of hydrogen-bond acceptors (Lipinski definition) is 4. The Morgan fingerprint density at radius 3 is 1.67 bits per heavy atom. The quantitative estimate of drug-likeness (QED) is 0.564. The molecule has 2 unspecified atom stereocenters. The number of carbonyl (C=O) groups is 2. The topological polar surface area (TPSA) is 52.6 Å². The lowest BCUT2D eigenvalue weighted by molar-refractivity contribution is -0.143. The SMILES string of the molecule is CC(=O)OCC1C(COC(C)=O)C1(Cl)Cl. The van der Waals surface area contributed by atoms with Gasteiger partial charge in [-0.05, 0) is 0 Å². The molecule has 1 aliphatic carbocycles. The molecule has 0 aromatic rings. The number of alkyl halides is 2. The highest BCUT2D eigenvalue weighted by Crippen LogP contribution is 2.59. The third-order valence-corrected chi connectivity index (χ3v) is 3.42. The summed E-state index contributed by atoms with van der Waals surface area (Å²) in [6.07, 6.45) is 0. The molecule has 2 atom stereocenters. The maximum Gasteiger partial charge on any atom is 0.302 e. The minimum atomic E-state index is -0.953. The summed E-state index contributed by atoms with van der Waals surface area (Å²) in [6, 6.07) is 0. The van der Waals surface area contributed by atoms with Gasteiger partial charge in [-0.15, -0.1) is 23.2 Å². The Balaban J connectivity index is 2.34. The van der Waals surface area contributed by atoms with E-state index in [2.05, 4.69) is 0 Å². The molecule has 1 saturated carbocycles. The molecule has 0 aromatic carbocycles. The molecule has 6 heteroatoms. The number of ether oxygens (including phenoxy) is 2. The molecule has 0 N–H and O–H groups in total. The summed E-state index contributed by atoms with van der Waals surface area (Å²) in [5.74, 6) is -1.08. The van der Waals surface area contributed by atoms with Crippen LogP contribution in [0.15, 0.2) is 0 Å². The second-order valence-electron chi connectivity index (χ2n) is 3.49. The smallest absolute Gasteiger partial charge is 0.302 e. The van der Waals surface area contributed by atoms with E-state index in [0.717, 1.165) is 0 Å². The zero-order valence-electron chi connectivity index (χ0n) is 8.46. The van der Waals surface area contributed by atoms with Crippen molar-refractivity contribution in [2.75, 3.05) is 13.2 Å². The normalized spacial score (nSPS) is 26.9. The Hall–Kier alpha value is -0.480. The van der Waals surface area contributed by atoms with E-state index in [1.807, 2.05) is 0 Å². The predicted octanol–water partition coefficient (Wildman–Crippen LogP) is 1.53. The van der Waals surface area contributed by atoms with Gasteiger partial charge in [0.05, 0.1) is 13.2 Å². The van der Waals surface area contributed by atoms with E-state index in [4.69, 9.17) is 32.7 Å². The van der Waals surface area contributed by atoms with Gasteiger partial charge in [-0.3, -0.25) is 9.59 Å². The van der Waals surface area contributed by atoms with Gasteiger partial charge in [-0.25, -0.2) is 0 Å². The first kappa shape index (κ1) is 12.6. The highest BCUT2D eigenvalue weighted by Gasteiger charge is 2.64. The molecule has 86 valence electrons. The summed E-state index contributed by atoms with van der Waals surface area (Å²) in [7, 11) is 0. The van der Waals surface area contributed by atoms with Crippen molar-refractivity contribution in [3.63, 3.8) is 0 Å². The van der Waals surface area contributed by atoms with E-state index in [1.165, 1.54) is 13.8 Å². The molecule has 0 aliphatic heterocycles. The van der Waals surface area contributed by atoms with Crippen LogP contribution in [0.1, 0.15) is 13.8 Å². The minimum Gasteiger partial charge on any atom is -0.465 e. The van der Waals surface area contributed by atoms with Crippen molar-refractivity contribution in [1.29, 1.82) is 0 Å². The summed E-state index contributed by atoms with van der Waals surface area (Å²) in [6.45, 7) is 2.95. The van der Waals surface area contributed by atoms with Crippen molar-refractivity contribution in [2.45, 2.75) is 18.2 Å². The average molecular weight is 255 g/mol. The molecular weight excluding hydrogens is 243 g/mol. The molecule has 0 radical (unpaired) electrons. The monoisotopic (exact) mass is 254 g/mol. The van der Waals surface area contributed by atoms with Gasteiger partial charge in [0, 0.05) is 25.7 Å². The van der Waals surface area contributed by atoms with Crippen LogP contribution in [0.25, 0.3) is 0 Å². The molecule has 1 rings (SSSR count). The third kappa shape index (κ3) is 3.24. The lowest BCUT2D eigenvalue weighted by Gasteiger charge is -2.00. The van der Waals surface area contributed by atoms with Gasteiger partial charge in [-0.2, -0.15) is 0 Å². The van der Waals surface area contributed by atoms with E-state index < -0.39 is 4.33 Å². The minimum absolute atomic E-state index is 0.161. The molecule has 1 fully saturated rings. The van der Waals surface area contributed by atoms with Crippen molar-refractivity contribution < 1.29 is 19.1 Å². The van der Waals surface area contributed by atoms with Gasteiger partial charge in [0.1, 0.15) is 4.33 Å². The molecule has 0 amide bonds. The Morgan fingerprint density at radius 1 is 1.07 bits per heavy atom. The first-order valence-corrected chi connectivity index (χ1v) is 5.25. The predicted molar refractivity (Wildman–Crippen MR) is 54.7 cm³/mol. The van der Waals surface area contributed by atoms with Gasteiger partial charge >= 0.3 is 11.9 Å². The second kappa shape index (κ2) is 4.58. The molecule has 0 aromatic heterocycles. The van der Waals surface area contributed by atoms with E-state index in [9.17, 15) is 9.59 Å². The number of rotatable bonds is 4. The summed E-state index contributed by atoms with van der Waals surface area (Å²) < 4.78 is 8.63. The first-order valence-electron chi connectivity index (χ1n) is 4.50. The molecular formula is C9H12Cl2O4. The highest BCUT2D eigenvalue weighted by atomic mass is 35.5. The summed E-state index contributed by atoms with van der Waals surface area (Å²) in [5, 5.41) is 0. The standard InChI is InChI=1S/C9H12Cl2O4/c1-5(12)14-3-7-8(9(7,10)11)4-15-6(2)13/h7-8H,3-4H2,1-2H3. The van der Waals surface area contributed by atoms with E-state index in [1.54, 1.807) is 0 Å². The summed E-state index contributed by atoms with van der Waals surface area (Å²) >= 11 is 11.8. The van der Waals surface area contributed by atoms with Crippen molar-refractivity contribution in [3.05, 3.63) is 0 Å². The van der Waals surface area contributed by atoms with Crippen molar-refractivity contribution in [3.8, 4) is 0 Å². The molecule has 0 spiro atoms. The molecule has 0 bridgehead atoms. The average Bonchev–Trinajstić information content (AvgIpc) is 2.60. The van der Waals surface area contributed by atoms with Gasteiger partial charge in [-0.1, -0.05) is 0 Å². The van der Waals surface area contributed by atoms with Gasteiger partial charge in [0.25, 0.3) is 0 Å². The van der Waals surface area contributed by atoms with E-state index in [-0.39, 0.29) is 37.0 Å². The molecule has 0 heterocycles. The molecule has 1 aliphatic rings. The van der Waals surface area contributed by atoms with Gasteiger partial charge < -0.3 is 9.47 Å². The lowest BCUT2D eigenvalue weighted by atomic mass is 10.3. The Kier molecular flexibility index (Phi) is 3.84. The summed E-state index contributed by atoms with van der Waals surface area (Å²) in [4.78, 5) is 21.1. The maximum absolute atomic E-state index is 10.6. The van der Waals surface area contributed by atoms with Crippen LogP contribution in [0, 0.1) is 11.8 Å². The third-order valence-electron chi connectivity index (χ3n) is 2.30. The number of carbonyl (C=O) groups excluding carboxylic acids is 2. The molecule has 0 saturated heterocycles. The van der Waals surface area contributed by atoms with Crippen LogP contribution in [0.4, 0.5) is 0 Å². The van der Waals surface area contributed by atoms with Crippen molar-refractivity contribution in [1.82, 2.24) is 0 Å². The van der Waals surface area contributed by atoms with Crippen LogP contribution < -0.4 is 0 Å². The fourth-order valence-electron chi connectivity index (χ4n) is 1.33. The largest absolute Gasteiger partial charge is 0.465 e. The van der Waals surface area contributed by atoms with Crippen molar-refractivity contribution >= 4 is 35.1 Å². The maximum atomic E-state index is 10.6. The Bertz CT molecular complexity index is 251. The zero-order chi connectivity index (χ0) is 11.6. The first-order chi connectivity index (χ1) is 6.85. The zero-order valence-corrected chi connectivity index (χ0v) is 9.97. The lowest BCUT2D eigenvalue weighted by Crippen LogP contribution is -2.07. The van der Waals surface area contributed by atoms with Crippen LogP contribution in [-0.4, -0.2) is 29.5 Å². The highest BCUT2D eigenvalue weighted by molar-refractivity contribution is 6.51. The van der Waals surface area contributed by atoms with Crippen molar-refractivity contribution in [2.24, 2.45) is 11.8 Å². The fourth-order valence-corrected chi connectivity index (χ4v) is 2.06. The fraction of sp³-hybridized carbons (Fsp3) is 0.778. The summed E-state index contributed by atoms with van der Waals surface area (Å²) in [5.41, 5.74) is 0. The van der Waals surface area contributed by atoms with Crippen LogP contribution >= 0.6 is 23.2 Å². The molecule has 4 nitrogen and oxygen atoms in total. The Morgan fingerprint density at radius 2 is 1.40 bits per heavy atom. The van der Waals surface area contributed by atoms with Crippen LogP contribution in [0.2, 0.25) is 0 Å². The van der Waals surface area contributed by atoms with E-state index >= 15 is 0 Å². The van der Waals surface area contributed by atoms with Gasteiger partial charge in [0.2, 0.25) is 0 Å². The van der Waals surface area contributed by atoms with Gasteiger partial charge in [0.15, 0.2) is 0 Å². The Labute approximate surface area is 97.8 Å². The van der Waals surface area contributed by atoms with E-state index in [0.29, 0.717) is 0 Å². The number of halogens is 2. The number of hydrogen-bond donors (Lipinski definition) is 0. The number of esters is 2.